The van der Waals surface area contributed by atoms with Gasteiger partial charge in [-0.3, -0.25) is 0 Å². The SMILES string of the molecule is C=C/C=C(/C)N(c1ccc(Cc2ccc(N(c3ccc(-c4ccc(N(c5ccccc5)c5ccc6ccccc6c5)cc4)cc3)c3cccc4ccccc34)cc2)cc1)c1ccc(-c2ccc(N(C(=C)C)c3ccc4ccccc4c3)cc2)cc1. The molecule has 0 aliphatic heterocycles. The average molecular weight is 1090 g/mol. The summed E-state index contributed by atoms with van der Waals surface area (Å²) < 4.78 is 0. The van der Waals surface area contributed by atoms with Crippen LogP contribution in [-0.4, -0.2) is 0 Å². The van der Waals surface area contributed by atoms with E-state index in [0.717, 1.165) is 96.9 Å². The first kappa shape index (κ1) is 53.4. The Labute approximate surface area is 499 Å². The minimum absolute atomic E-state index is 0.801. The summed E-state index contributed by atoms with van der Waals surface area (Å²) in [6, 6.07) is 110. The zero-order valence-corrected chi connectivity index (χ0v) is 47.9. The van der Waals surface area contributed by atoms with Crippen LogP contribution in [0.1, 0.15) is 25.0 Å². The van der Waals surface area contributed by atoms with Gasteiger partial charge in [0.25, 0.3) is 0 Å². The second-order valence-corrected chi connectivity index (χ2v) is 21.7. The van der Waals surface area contributed by atoms with Crippen molar-refractivity contribution in [2.24, 2.45) is 0 Å². The monoisotopic (exact) mass is 1090 g/mol. The van der Waals surface area contributed by atoms with Crippen LogP contribution in [0.15, 0.2) is 340 Å². The summed E-state index contributed by atoms with van der Waals surface area (Å²) in [6.07, 6.45) is 4.72. The maximum Gasteiger partial charge on any atom is 0.0540 e. The number of para-hydroxylation sites is 1. The highest BCUT2D eigenvalue weighted by Crippen LogP contribution is 2.42. The van der Waals surface area contributed by atoms with Gasteiger partial charge in [0.15, 0.2) is 0 Å². The quantitative estimate of drug-likeness (QED) is 0.0843. The van der Waals surface area contributed by atoms with Gasteiger partial charge in [-0.05, 0) is 202 Å². The lowest BCUT2D eigenvalue weighted by Gasteiger charge is -2.27. The Kier molecular flexibility index (Phi) is 15.0. The molecule has 0 fully saturated rings. The van der Waals surface area contributed by atoms with Crippen LogP contribution >= 0.6 is 0 Å². The molecule has 13 aromatic carbocycles. The molecule has 0 saturated carbocycles. The Morgan fingerprint density at radius 2 is 0.694 bits per heavy atom. The van der Waals surface area contributed by atoms with E-state index in [1.807, 2.05) is 6.08 Å². The Bertz CT molecular complexity index is 4520. The van der Waals surface area contributed by atoms with Gasteiger partial charge in [0.1, 0.15) is 0 Å². The second kappa shape index (κ2) is 23.9. The van der Waals surface area contributed by atoms with Crippen molar-refractivity contribution in [2.45, 2.75) is 20.3 Å². The Balaban J connectivity index is 0.727. The number of rotatable bonds is 17. The molecule has 4 nitrogen and oxygen atoms in total. The molecule has 408 valence electrons. The molecule has 0 heterocycles. The first-order chi connectivity index (χ1) is 41.8. The Hall–Kier alpha value is -10.9. The highest BCUT2D eigenvalue weighted by Gasteiger charge is 2.19. The Morgan fingerprint density at radius 3 is 1.21 bits per heavy atom. The van der Waals surface area contributed by atoms with Crippen molar-refractivity contribution in [3.63, 3.8) is 0 Å². The number of anilines is 10. The highest BCUT2D eigenvalue weighted by molar-refractivity contribution is 5.99. The van der Waals surface area contributed by atoms with E-state index in [9.17, 15) is 0 Å². The molecular formula is C81H64N4. The number of benzene rings is 13. The van der Waals surface area contributed by atoms with Gasteiger partial charge < -0.3 is 19.6 Å². The van der Waals surface area contributed by atoms with Gasteiger partial charge >= 0.3 is 0 Å². The predicted octanol–water partition coefficient (Wildman–Crippen LogP) is 22.9. The third-order valence-electron chi connectivity index (χ3n) is 16.1. The maximum absolute atomic E-state index is 4.34. The van der Waals surface area contributed by atoms with Crippen LogP contribution in [0.3, 0.4) is 0 Å². The largest absolute Gasteiger partial charge is 0.315 e. The van der Waals surface area contributed by atoms with Gasteiger partial charge in [-0.2, -0.15) is 0 Å². The fourth-order valence-electron chi connectivity index (χ4n) is 11.9. The summed E-state index contributed by atoms with van der Waals surface area (Å²) in [4.78, 5) is 9.22. The van der Waals surface area contributed by atoms with Crippen LogP contribution in [0.4, 0.5) is 56.9 Å². The summed E-state index contributed by atoms with van der Waals surface area (Å²) in [5.74, 6) is 0. The zero-order chi connectivity index (χ0) is 57.6. The molecule has 0 aromatic heterocycles. The second-order valence-electron chi connectivity index (χ2n) is 21.7. The third-order valence-corrected chi connectivity index (χ3v) is 16.1. The molecule has 0 aliphatic rings. The highest BCUT2D eigenvalue weighted by atomic mass is 15.2. The van der Waals surface area contributed by atoms with Crippen molar-refractivity contribution in [1.82, 2.24) is 0 Å². The van der Waals surface area contributed by atoms with Gasteiger partial charge in [-0.15, -0.1) is 0 Å². The van der Waals surface area contributed by atoms with E-state index in [-0.39, 0.29) is 0 Å². The van der Waals surface area contributed by atoms with E-state index < -0.39 is 0 Å². The molecular weight excluding hydrogens is 1030 g/mol. The molecule has 13 rings (SSSR count). The summed E-state index contributed by atoms with van der Waals surface area (Å²) in [6.45, 7) is 12.6. The van der Waals surface area contributed by atoms with Crippen molar-refractivity contribution in [2.75, 3.05) is 19.6 Å². The average Bonchev–Trinajstić information content (AvgIpc) is 3.63. The number of fused-ring (bicyclic) bond motifs is 3. The van der Waals surface area contributed by atoms with Gasteiger partial charge in [-0.1, -0.05) is 207 Å². The standard InChI is InChI=1S/C81H64N4/c1-5-16-59(4)83(74-47-33-65(34-48-74)64-31-45-72(46-32-64)82(58(2)3)78-53-39-62-17-9-11-20-69(62)56-78)73-41-27-60(28-42-73)55-61-29-43-76(44-30-61)85(81-26-15-22-68-19-13-14-25-80(68)81)77-51-37-67(38-52-77)66-35-49-75(50-36-66)84(71-23-7-6-8-24-71)79-54-40-63-18-10-12-21-70(63)57-79/h5-54,56-57H,1-2,55H2,3-4H3/b59-16-. The zero-order valence-electron chi connectivity index (χ0n) is 47.9. The minimum Gasteiger partial charge on any atom is -0.315 e. The third kappa shape index (κ3) is 11.3. The first-order valence-corrected chi connectivity index (χ1v) is 29.1. The first-order valence-electron chi connectivity index (χ1n) is 29.1. The van der Waals surface area contributed by atoms with Crippen molar-refractivity contribution in [1.29, 1.82) is 0 Å². The van der Waals surface area contributed by atoms with Crippen molar-refractivity contribution >= 4 is 89.2 Å². The fourth-order valence-corrected chi connectivity index (χ4v) is 11.9. The number of hydrogen-bond donors (Lipinski definition) is 0. The van der Waals surface area contributed by atoms with Crippen LogP contribution in [0.25, 0.3) is 54.6 Å². The molecule has 0 bridgehead atoms. The van der Waals surface area contributed by atoms with Crippen LogP contribution in [0.2, 0.25) is 0 Å². The summed E-state index contributed by atoms with van der Waals surface area (Å²) in [5, 5.41) is 7.27. The lowest BCUT2D eigenvalue weighted by atomic mass is 10.0. The normalized spacial score (nSPS) is 11.4. The predicted molar refractivity (Wildman–Crippen MR) is 364 cm³/mol. The lowest BCUT2D eigenvalue weighted by molar-refractivity contribution is 1.14. The molecule has 0 amide bonds. The van der Waals surface area contributed by atoms with Gasteiger partial charge in [0.05, 0.1) is 5.69 Å². The van der Waals surface area contributed by atoms with Crippen LogP contribution in [0.5, 0.6) is 0 Å². The molecule has 0 radical (unpaired) electrons. The van der Waals surface area contributed by atoms with Crippen molar-refractivity contribution in [3.05, 3.63) is 351 Å². The maximum atomic E-state index is 4.34. The van der Waals surface area contributed by atoms with Crippen LogP contribution in [-0.2, 0) is 6.42 Å². The molecule has 0 spiro atoms. The molecule has 0 unspecified atom stereocenters. The van der Waals surface area contributed by atoms with Crippen molar-refractivity contribution < 1.29 is 0 Å². The van der Waals surface area contributed by atoms with E-state index in [0.29, 0.717) is 0 Å². The summed E-state index contributed by atoms with van der Waals surface area (Å²) >= 11 is 0. The number of nitrogens with zero attached hydrogens (tertiary/aromatic N) is 4. The topological polar surface area (TPSA) is 13.0 Å². The van der Waals surface area contributed by atoms with Crippen LogP contribution < -0.4 is 19.6 Å². The molecule has 0 atom stereocenters. The lowest BCUT2D eigenvalue weighted by Crippen LogP contribution is -2.14. The molecule has 0 aliphatic carbocycles. The van der Waals surface area contributed by atoms with Gasteiger partial charge in [0.2, 0.25) is 0 Å². The van der Waals surface area contributed by atoms with E-state index in [1.54, 1.807) is 0 Å². The summed E-state index contributed by atoms with van der Waals surface area (Å²) in [7, 11) is 0. The van der Waals surface area contributed by atoms with Gasteiger partial charge in [-0.25, -0.2) is 0 Å². The minimum atomic E-state index is 0.801. The fraction of sp³-hybridized carbons (Fsp3) is 0.0370. The van der Waals surface area contributed by atoms with Crippen molar-refractivity contribution in [3.8, 4) is 22.3 Å². The number of hydrogen-bond acceptors (Lipinski definition) is 4. The Morgan fingerprint density at radius 1 is 0.318 bits per heavy atom. The van der Waals surface area contributed by atoms with E-state index in [4.69, 9.17) is 0 Å². The molecule has 13 aromatic rings. The molecule has 0 N–H and O–H groups in total. The smallest absolute Gasteiger partial charge is 0.0540 e. The molecule has 4 heteroatoms. The van der Waals surface area contributed by atoms with E-state index in [1.165, 1.54) is 43.4 Å². The molecule has 85 heavy (non-hydrogen) atoms. The number of allylic oxidation sites excluding steroid dienone is 4. The molecule has 0 saturated heterocycles. The van der Waals surface area contributed by atoms with E-state index in [2.05, 4.69) is 356 Å². The van der Waals surface area contributed by atoms with Crippen LogP contribution in [0, 0.1) is 0 Å². The summed E-state index contributed by atoms with van der Waals surface area (Å²) in [5.41, 5.74) is 20.1. The van der Waals surface area contributed by atoms with Gasteiger partial charge in [0, 0.05) is 68.0 Å². The van der Waals surface area contributed by atoms with E-state index >= 15 is 0 Å².